The van der Waals surface area contributed by atoms with Crippen LogP contribution >= 0.6 is 0 Å². The standard InChI is InChI=1S/C20H18N2O4/c1-2-26-15-9-7-13(8-10-15)17-11-14(12-21-19(17)24)22-20(25)16-5-3-4-6-18(16)23/h3-12,23H,2H2,1H3,(H,21,24)(H,22,25). The van der Waals surface area contributed by atoms with E-state index in [-0.39, 0.29) is 16.9 Å². The second kappa shape index (κ2) is 7.57. The molecule has 0 spiro atoms. The smallest absolute Gasteiger partial charge is 0.259 e. The van der Waals surface area contributed by atoms with Crippen LogP contribution in [0.2, 0.25) is 0 Å². The van der Waals surface area contributed by atoms with Crippen molar-refractivity contribution in [1.82, 2.24) is 4.98 Å². The third-order valence-electron chi connectivity index (χ3n) is 3.79. The molecular formula is C20H18N2O4. The summed E-state index contributed by atoms with van der Waals surface area (Å²) in [6.07, 6.45) is 1.41. The average molecular weight is 350 g/mol. The first-order valence-corrected chi connectivity index (χ1v) is 8.14. The number of pyridine rings is 1. The monoisotopic (exact) mass is 350 g/mol. The molecule has 1 aromatic heterocycles. The Labute approximate surface area is 150 Å². The third-order valence-corrected chi connectivity index (χ3v) is 3.79. The van der Waals surface area contributed by atoms with Gasteiger partial charge in [-0.25, -0.2) is 0 Å². The SMILES string of the molecule is CCOc1ccc(-c2cc(NC(=O)c3ccccc3O)c[nH]c2=O)cc1. The molecule has 3 aromatic rings. The topological polar surface area (TPSA) is 91.4 Å². The molecular weight excluding hydrogens is 332 g/mol. The number of nitrogens with one attached hydrogen (secondary N) is 2. The molecule has 0 fully saturated rings. The molecule has 0 aliphatic carbocycles. The Morgan fingerprint density at radius 2 is 1.88 bits per heavy atom. The van der Waals surface area contributed by atoms with Crippen molar-refractivity contribution in [2.75, 3.05) is 11.9 Å². The Bertz CT molecular complexity index is 978. The lowest BCUT2D eigenvalue weighted by Gasteiger charge is -2.09. The first-order valence-electron chi connectivity index (χ1n) is 8.14. The van der Waals surface area contributed by atoms with Gasteiger partial charge in [0.15, 0.2) is 0 Å². The summed E-state index contributed by atoms with van der Waals surface area (Å²) in [5.74, 6) is 0.144. The minimum absolute atomic E-state index is 0.110. The van der Waals surface area contributed by atoms with Crippen LogP contribution in [-0.4, -0.2) is 22.6 Å². The molecule has 0 aliphatic rings. The molecule has 0 radical (unpaired) electrons. The van der Waals surface area contributed by atoms with Crippen molar-refractivity contribution in [2.24, 2.45) is 0 Å². The zero-order valence-corrected chi connectivity index (χ0v) is 14.2. The summed E-state index contributed by atoms with van der Waals surface area (Å²) in [6, 6.07) is 15.0. The van der Waals surface area contributed by atoms with Gasteiger partial charge in [0.2, 0.25) is 0 Å². The van der Waals surface area contributed by atoms with Crippen LogP contribution in [0.5, 0.6) is 11.5 Å². The van der Waals surface area contributed by atoms with E-state index >= 15 is 0 Å². The predicted molar refractivity (Wildman–Crippen MR) is 99.7 cm³/mol. The second-order valence-electron chi connectivity index (χ2n) is 5.56. The highest BCUT2D eigenvalue weighted by atomic mass is 16.5. The van der Waals surface area contributed by atoms with Gasteiger partial charge >= 0.3 is 0 Å². The predicted octanol–water partition coefficient (Wildman–Crippen LogP) is 3.40. The summed E-state index contributed by atoms with van der Waals surface area (Å²) in [7, 11) is 0. The fourth-order valence-corrected chi connectivity index (χ4v) is 2.53. The first-order chi connectivity index (χ1) is 12.6. The van der Waals surface area contributed by atoms with E-state index in [2.05, 4.69) is 10.3 Å². The maximum absolute atomic E-state index is 12.3. The number of aromatic nitrogens is 1. The Morgan fingerprint density at radius 3 is 2.58 bits per heavy atom. The normalized spacial score (nSPS) is 10.3. The van der Waals surface area contributed by atoms with Gasteiger partial charge in [0.25, 0.3) is 11.5 Å². The number of amides is 1. The number of hydrogen-bond donors (Lipinski definition) is 3. The number of rotatable bonds is 5. The molecule has 6 nitrogen and oxygen atoms in total. The number of phenolic OH excluding ortho intramolecular Hbond substituents is 1. The summed E-state index contributed by atoms with van der Waals surface area (Å²) >= 11 is 0. The van der Waals surface area contributed by atoms with Crippen molar-refractivity contribution in [3.05, 3.63) is 76.7 Å². The molecule has 0 aliphatic heterocycles. The Morgan fingerprint density at radius 1 is 1.15 bits per heavy atom. The number of aromatic hydroxyl groups is 1. The van der Waals surface area contributed by atoms with Gasteiger partial charge in [-0.15, -0.1) is 0 Å². The van der Waals surface area contributed by atoms with E-state index < -0.39 is 5.91 Å². The lowest BCUT2D eigenvalue weighted by molar-refractivity contribution is 0.102. The zero-order chi connectivity index (χ0) is 18.5. The van der Waals surface area contributed by atoms with Crippen molar-refractivity contribution in [3.8, 4) is 22.6 Å². The van der Waals surface area contributed by atoms with Crippen LogP contribution < -0.4 is 15.6 Å². The van der Waals surface area contributed by atoms with Gasteiger partial charge in [0.05, 0.1) is 17.9 Å². The number of carbonyl (C=O) groups is 1. The van der Waals surface area contributed by atoms with Crippen molar-refractivity contribution in [2.45, 2.75) is 6.92 Å². The minimum atomic E-state index is -0.465. The Hall–Kier alpha value is -3.54. The molecule has 3 N–H and O–H groups in total. The van der Waals surface area contributed by atoms with Gasteiger partial charge < -0.3 is 20.1 Å². The van der Waals surface area contributed by atoms with Gasteiger partial charge in [-0.2, -0.15) is 0 Å². The molecule has 2 aromatic carbocycles. The molecule has 1 amide bonds. The van der Waals surface area contributed by atoms with Gasteiger partial charge in [-0.1, -0.05) is 24.3 Å². The zero-order valence-electron chi connectivity index (χ0n) is 14.2. The number of carbonyl (C=O) groups excluding carboxylic acids is 1. The Balaban J connectivity index is 1.87. The highest BCUT2D eigenvalue weighted by molar-refractivity contribution is 6.06. The third kappa shape index (κ3) is 3.75. The van der Waals surface area contributed by atoms with E-state index in [1.807, 2.05) is 6.92 Å². The van der Waals surface area contributed by atoms with E-state index in [0.717, 1.165) is 5.75 Å². The molecule has 0 atom stereocenters. The second-order valence-corrected chi connectivity index (χ2v) is 5.56. The maximum atomic E-state index is 12.3. The van der Waals surface area contributed by atoms with Crippen molar-refractivity contribution in [1.29, 1.82) is 0 Å². The molecule has 26 heavy (non-hydrogen) atoms. The quantitative estimate of drug-likeness (QED) is 0.658. The van der Waals surface area contributed by atoms with Crippen molar-refractivity contribution in [3.63, 3.8) is 0 Å². The van der Waals surface area contributed by atoms with E-state index in [0.29, 0.717) is 23.4 Å². The molecule has 0 saturated carbocycles. The summed E-state index contributed by atoms with van der Waals surface area (Å²) in [6.45, 7) is 2.46. The van der Waals surface area contributed by atoms with Crippen LogP contribution in [0.25, 0.3) is 11.1 Å². The van der Waals surface area contributed by atoms with Crippen LogP contribution in [-0.2, 0) is 0 Å². The largest absolute Gasteiger partial charge is 0.507 e. The van der Waals surface area contributed by atoms with E-state index in [1.54, 1.807) is 42.5 Å². The lowest BCUT2D eigenvalue weighted by atomic mass is 10.1. The van der Waals surface area contributed by atoms with Crippen molar-refractivity contribution >= 4 is 11.6 Å². The van der Waals surface area contributed by atoms with Crippen LogP contribution in [0.4, 0.5) is 5.69 Å². The first kappa shape index (κ1) is 17.3. The van der Waals surface area contributed by atoms with Crippen LogP contribution in [0, 0.1) is 0 Å². The van der Waals surface area contributed by atoms with Gasteiger partial charge in [0.1, 0.15) is 11.5 Å². The maximum Gasteiger partial charge on any atom is 0.259 e. The number of anilines is 1. The molecule has 132 valence electrons. The number of phenols is 1. The van der Waals surface area contributed by atoms with E-state index in [9.17, 15) is 14.7 Å². The number of benzene rings is 2. The lowest BCUT2D eigenvalue weighted by Crippen LogP contribution is -2.15. The van der Waals surface area contributed by atoms with Crippen LogP contribution in [0.15, 0.2) is 65.6 Å². The number of ether oxygens (including phenoxy) is 1. The number of para-hydroxylation sites is 1. The van der Waals surface area contributed by atoms with Crippen LogP contribution in [0.3, 0.4) is 0 Å². The number of hydrogen-bond acceptors (Lipinski definition) is 4. The van der Waals surface area contributed by atoms with Crippen LogP contribution in [0.1, 0.15) is 17.3 Å². The van der Waals surface area contributed by atoms with Gasteiger partial charge in [-0.05, 0) is 42.8 Å². The highest BCUT2D eigenvalue weighted by Gasteiger charge is 2.12. The average Bonchev–Trinajstić information content (AvgIpc) is 2.64. The van der Waals surface area contributed by atoms with Gasteiger partial charge in [0, 0.05) is 11.8 Å². The fraction of sp³-hybridized carbons (Fsp3) is 0.100. The number of H-pyrrole nitrogens is 1. The molecule has 0 bridgehead atoms. The summed E-state index contributed by atoms with van der Waals surface area (Å²) in [5.41, 5.74) is 1.43. The minimum Gasteiger partial charge on any atom is -0.507 e. The molecule has 0 saturated heterocycles. The van der Waals surface area contributed by atoms with Gasteiger partial charge in [-0.3, -0.25) is 9.59 Å². The summed E-state index contributed by atoms with van der Waals surface area (Å²) < 4.78 is 5.40. The molecule has 6 heteroatoms. The molecule has 0 unspecified atom stereocenters. The summed E-state index contributed by atoms with van der Waals surface area (Å²) in [5, 5.41) is 12.4. The van der Waals surface area contributed by atoms with E-state index in [1.165, 1.54) is 18.3 Å². The molecule has 3 rings (SSSR count). The fourth-order valence-electron chi connectivity index (χ4n) is 2.53. The van der Waals surface area contributed by atoms with Crippen molar-refractivity contribution < 1.29 is 14.6 Å². The van der Waals surface area contributed by atoms with E-state index in [4.69, 9.17) is 4.74 Å². The highest BCUT2D eigenvalue weighted by Crippen LogP contribution is 2.23. The Kier molecular flexibility index (Phi) is 5.03. The molecule has 1 heterocycles. The number of aromatic amines is 1. The summed E-state index contributed by atoms with van der Waals surface area (Å²) in [4.78, 5) is 27.1.